The van der Waals surface area contributed by atoms with Crippen LogP contribution in [0.25, 0.3) is 10.6 Å². The third-order valence-corrected chi connectivity index (χ3v) is 5.42. The molecule has 3 heterocycles. The molecule has 0 saturated heterocycles. The van der Waals surface area contributed by atoms with E-state index in [2.05, 4.69) is 25.8 Å². The Bertz CT molecular complexity index is 966. The minimum Gasteiger partial charge on any atom is -0.300 e. The van der Waals surface area contributed by atoms with Gasteiger partial charge in [-0.15, -0.1) is 27.8 Å². The van der Waals surface area contributed by atoms with Gasteiger partial charge in [0.05, 0.1) is 10.6 Å². The Hall–Kier alpha value is -2.91. The molecule has 3 aromatic heterocycles. The Morgan fingerprint density at radius 3 is 2.77 bits per heavy atom. The third kappa shape index (κ3) is 3.68. The molecule has 0 saturated carbocycles. The van der Waals surface area contributed by atoms with Crippen LogP contribution < -0.4 is 5.32 Å². The van der Waals surface area contributed by atoms with Gasteiger partial charge in [-0.1, -0.05) is 36.4 Å². The first-order valence-corrected chi connectivity index (χ1v) is 9.62. The number of hydrogen-bond donors (Lipinski definition) is 1. The highest BCUT2D eigenvalue weighted by Gasteiger charge is 2.23. The summed E-state index contributed by atoms with van der Waals surface area (Å²) in [6, 6.07) is 13.2. The standard InChI is InChI=1S/C17H14N6OS2/c24-16(20-17-19-13(10-26-17)15-7-4-8-25-15)14(23-11-18-21-22-23)9-12-5-2-1-3-6-12/h1-8,10-11,14H,9H2,(H,19,20,24)/t14-/m0/s1. The van der Waals surface area contributed by atoms with Gasteiger partial charge in [0.1, 0.15) is 12.4 Å². The van der Waals surface area contributed by atoms with Gasteiger partial charge in [0.2, 0.25) is 0 Å². The Morgan fingerprint density at radius 2 is 2.04 bits per heavy atom. The predicted molar refractivity (Wildman–Crippen MR) is 101 cm³/mol. The average molecular weight is 382 g/mol. The number of nitrogens with zero attached hydrogens (tertiary/aromatic N) is 5. The van der Waals surface area contributed by atoms with Gasteiger partial charge in [0.15, 0.2) is 5.13 Å². The van der Waals surface area contributed by atoms with Crippen LogP contribution in [0.4, 0.5) is 5.13 Å². The Balaban J connectivity index is 1.53. The summed E-state index contributed by atoms with van der Waals surface area (Å²) in [4.78, 5) is 18.4. The summed E-state index contributed by atoms with van der Waals surface area (Å²) >= 11 is 3.01. The van der Waals surface area contributed by atoms with Gasteiger partial charge >= 0.3 is 0 Å². The number of thiophene rings is 1. The van der Waals surface area contributed by atoms with Crippen molar-refractivity contribution in [3.8, 4) is 10.6 Å². The van der Waals surface area contributed by atoms with Crippen molar-refractivity contribution in [3.63, 3.8) is 0 Å². The lowest BCUT2D eigenvalue weighted by molar-refractivity contribution is -0.119. The molecule has 0 unspecified atom stereocenters. The number of rotatable bonds is 6. The van der Waals surface area contributed by atoms with Crippen molar-refractivity contribution in [2.24, 2.45) is 0 Å². The molecule has 0 fully saturated rings. The van der Waals surface area contributed by atoms with Gasteiger partial charge in [-0.25, -0.2) is 9.67 Å². The van der Waals surface area contributed by atoms with Gasteiger partial charge in [-0.3, -0.25) is 4.79 Å². The van der Waals surface area contributed by atoms with Crippen LogP contribution in [0.3, 0.4) is 0 Å². The number of benzene rings is 1. The van der Waals surface area contributed by atoms with E-state index >= 15 is 0 Å². The van der Waals surface area contributed by atoms with E-state index < -0.39 is 6.04 Å². The number of amides is 1. The van der Waals surface area contributed by atoms with Crippen molar-refractivity contribution < 1.29 is 4.79 Å². The lowest BCUT2D eigenvalue weighted by Crippen LogP contribution is -2.28. The highest BCUT2D eigenvalue weighted by molar-refractivity contribution is 7.16. The molecule has 1 atom stereocenters. The first kappa shape index (κ1) is 16.6. The monoisotopic (exact) mass is 382 g/mol. The molecule has 1 N–H and O–H groups in total. The van der Waals surface area contributed by atoms with E-state index in [1.165, 1.54) is 22.3 Å². The van der Waals surface area contributed by atoms with Crippen molar-refractivity contribution in [1.82, 2.24) is 25.2 Å². The Kier molecular flexibility index (Phi) is 4.80. The molecular formula is C17H14N6OS2. The number of carbonyl (C=O) groups is 1. The summed E-state index contributed by atoms with van der Waals surface area (Å²) in [5.74, 6) is -0.201. The quantitative estimate of drug-likeness (QED) is 0.553. The summed E-state index contributed by atoms with van der Waals surface area (Å²) in [5, 5.41) is 18.6. The minimum atomic E-state index is -0.554. The van der Waals surface area contributed by atoms with Gasteiger partial charge in [-0.05, 0) is 27.4 Å². The van der Waals surface area contributed by atoms with Crippen LogP contribution in [-0.4, -0.2) is 31.1 Å². The lowest BCUT2D eigenvalue weighted by Gasteiger charge is -2.15. The first-order valence-electron chi connectivity index (χ1n) is 7.86. The van der Waals surface area contributed by atoms with Crippen LogP contribution in [-0.2, 0) is 11.2 Å². The second-order valence-electron chi connectivity index (χ2n) is 5.50. The van der Waals surface area contributed by atoms with Crippen molar-refractivity contribution >= 4 is 33.7 Å². The summed E-state index contributed by atoms with van der Waals surface area (Å²) in [6.45, 7) is 0. The molecule has 1 amide bonds. The number of hydrogen-bond acceptors (Lipinski definition) is 7. The van der Waals surface area contributed by atoms with Crippen molar-refractivity contribution in [1.29, 1.82) is 0 Å². The molecular weight excluding hydrogens is 368 g/mol. The molecule has 0 spiro atoms. The van der Waals surface area contributed by atoms with Crippen LogP contribution in [0.1, 0.15) is 11.6 Å². The molecule has 0 aliphatic heterocycles. The second kappa shape index (κ2) is 7.54. The fraction of sp³-hybridized carbons (Fsp3) is 0.118. The molecule has 4 rings (SSSR count). The molecule has 9 heteroatoms. The van der Waals surface area contributed by atoms with Crippen LogP contribution in [0.5, 0.6) is 0 Å². The average Bonchev–Trinajstić information content (AvgIpc) is 3.41. The molecule has 130 valence electrons. The molecule has 0 aliphatic rings. The van der Waals surface area contributed by atoms with E-state index in [0.717, 1.165) is 16.1 Å². The molecule has 0 bridgehead atoms. The summed E-state index contributed by atoms with van der Waals surface area (Å²) in [6.07, 6.45) is 1.94. The smallest absolute Gasteiger partial charge is 0.251 e. The zero-order valence-electron chi connectivity index (χ0n) is 13.5. The number of nitrogens with one attached hydrogen (secondary N) is 1. The fourth-order valence-corrected chi connectivity index (χ4v) is 3.99. The van der Waals surface area contributed by atoms with E-state index in [-0.39, 0.29) is 5.91 Å². The SMILES string of the molecule is O=C(Nc1nc(-c2cccs2)cs1)[C@H](Cc1ccccc1)n1cnnn1. The summed E-state index contributed by atoms with van der Waals surface area (Å²) in [7, 11) is 0. The zero-order chi connectivity index (χ0) is 17.8. The Morgan fingerprint density at radius 1 is 1.15 bits per heavy atom. The fourth-order valence-electron chi connectivity index (χ4n) is 2.51. The summed E-state index contributed by atoms with van der Waals surface area (Å²) < 4.78 is 1.47. The van der Waals surface area contributed by atoms with E-state index in [4.69, 9.17) is 0 Å². The number of carbonyl (C=O) groups excluding carboxylic acids is 1. The van der Waals surface area contributed by atoms with E-state index in [9.17, 15) is 4.79 Å². The Labute approximate surface area is 157 Å². The van der Waals surface area contributed by atoms with E-state index in [1.54, 1.807) is 11.3 Å². The highest BCUT2D eigenvalue weighted by Crippen LogP contribution is 2.28. The number of thiazole rings is 1. The molecule has 1 aromatic carbocycles. The predicted octanol–water partition coefficient (Wildman–Crippen LogP) is 3.28. The maximum Gasteiger partial charge on any atom is 0.251 e. The van der Waals surface area contributed by atoms with Crippen LogP contribution in [0, 0.1) is 0 Å². The van der Waals surface area contributed by atoms with E-state index in [1.807, 2.05) is 53.2 Å². The number of anilines is 1. The van der Waals surface area contributed by atoms with Gasteiger partial charge in [0, 0.05) is 11.8 Å². The van der Waals surface area contributed by atoms with Gasteiger partial charge in [0.25, 0.3) is 5.91 Å². The normalized spacial score (nSPS) is 12.0. The number of aromatic nitrogens is 5. The van der Waals surface area contributed by atoms with Gasteiger partial charge < -0.3 is 5.32 Å². The topological polar surface area (TPSA) is 85.6 Å². The van der Waals surface area contributed by atoms with Crippen molar-refractivity contribution in [2.75, 3.05) is 5.32 Å². The molecule has 7 nitrogen and oxygen atoms in total. The first-order chi connectivity index (χ1) is 12.8. The maximum absolute atomic E-state index is 12.9. The molecule has 26 heavy (non-hydrogen) atoms. The largest absolute Gasteiger partial charge is 0.300 e. The minimum absolute atomic E-state index is 0.201. The van der Waals surface area contributed by atoms with Crippen LogP contribution in [0.15, 0.2) is 59.6 Å². The third-order valence-electron chi connectivity index (χ3n) is 3.77. The lowest BCUT2D eigenvalue weighted by atomic mass is 10.1. The van der Waals surface area contributed by atoms with Crippen molar-refractivity contribution in [2.45, 2.75) is 12.5 Å². The highest BCUT2D eigenvalue weighted by atomic mass is 32.1. The van der Waals surface area contributed by atoms with E-state index in [0.29, 0.717) is 11.6 Å². The zero-order valence-corrected chi connectivity index (χ0v) is 15.2. The van der Waals surface area contributed by atoms with Gasteiger partial charge in [-0.2, -0.15) is 0 Å². The maximum atomic E-state index is 12.9. The number of tetrazole rings is 1. The molecule has 4 aromatic rings. The summed E-state index contributed by atoms with van der Waals surface area (Å²) in [5.41, 5.74) is 1.89. The molecule has 0 radical (unpaired) electrons. The van der Waals surface area contributed by atoms with Crippen LogP contribution in [0.2, 0.25) is 0 Å². The van der Waals surface area contributed by atoms with Crippen molar-refractivity contribution in [3.05, 3.63) is 65.1 Å². The molecule has 0 aliphatic carbocycles. The second-order valence-corrected chi connectivity index (χ2v) is 7.31. The van der Waals surface area contributed by atoms with Crippen LogP contribution >= 0.6 is 22.7 Å².